The zero-order valence-electron chi connectivity index (χ0n) is 14.4. The molecule has 0 bridgehead atoms. The number of hydrogen-bond donors (Lipinski definition) is 1. The van der Waals surface area contributed by atoms with Gasteiger partial charge in [-0.1, -0.05) is 20.3 Å². The standard InChI is InChI=1S/C18H31N3/c1-6-18(5)8-11-21(12-9-18)16-14-19-10-7-15(16)13-20-17(2,3)4/h7,10,14,20H,6,8-9,11-13H2,1-5H3. The molecule has 0 radical (unpaired) electrons. The lowest BCUT2D eigenvalue weighted by Gasteiger charge is -2.40. The third kappa shape index (κ3) is 4.44. The van der Waals surface area contributed by atoms with Gasteiger partial charge in [-0.15, -0.1) is 0 Å². The average molecular weight is 289 g/mol. The molecule has 1 N–H and O–H groups in total. The molecule has 1 aromatic rings. The van der Waals surface area contributed by atoms with Crippen LogP contribution in [-0.2, 0) is 6.54 Å². The van der Waals surface area contributed by atoms with Crippen LogP contribution in [0.2, 0.25) is 0 Å². The van der Waals surface area contributed by atoms with E-state index in [-0.39, 0.29) is 5.54 Å². The van der Waals surface area contributed by atoms with Gasteiger partial charge in [0.05, 0.1) is 11.9 Å². The van der Waals surface area contributed by atoms with Crippen LogP contribution < -0.4 is 10.2 Å². The number of hydrogen-bond acceptors (Lipinski definition) is 3. The van der Waals surface area contributed by atoms with Crippen LogP contribution in [0, 0.1) is 5.41 Å². The predicted molar refractivity (Wildman–Crippen MR) is 90.7 cm³/mol. The van der Waals surface area contributed by atoms with Crippen LogP contribution in [0.4, 0.5) is 5.69 Å². The minimum atomic E-state index is 0.142. The van der Waals surface area contributed by atoms with E-state index in [1.165, 1.54) is 30.5 Å². The molecule has 1 saturated heterocycles. The first-order chi connectivity index (χ1) is 9.83. The Balaban J connectivity index is 2.07. The first-order valence-corrected chi connectivity index (χ1v) is 8.26. The molecule has 0 aromatic carbocycles. The molecule has 3 heteroatoms. The highest BCUT2D eigenvalue weighted by molar-refractivity contribution is 5.52. The van der Waals surface area contributed by atoms with Crippen molar-refractivity contribution in [1.29, 1.82) is 0 Å². The second kappa shape index (κ2) is 6.35. The van der Waals surface area contributed by atoms with E-state index < -0.39 is 0 Å². The number of anilines is 1. The van der Waals surface area contributed by atoms with E-state index in [4.69, 9.17) is 0 Å². The van der Waals surface area contributed by atoms with E-state index in [9.17, 15) is 0 Å². The Bertz CT molecular complexity index is 454. The van der Waals surface area contributed by atoms with Gasteiger partial charge < -0.3 is 10.2 Å². The lowest BCUT2D eigenvalue weighted by atomic mass is 9.78. The van der Waals surface area contributed by atoms with Crippen LogP contribution in [0.15, 0.2) is 18.5 Å². The molecular formula is C18H31N3. The van der Waals surface area contributed by atoms with Crippen molar-refractivity contribution in [3.8, 4) is 0 Å². The van der Waals surface area contributed by atoms with Crippen molar-refractivity contribution < 1.29 is 0 Å². The van der Waals surface area contributed by atoms with E-state index in [1.807, 2.05) is 12.4 Å². The van der Waals surface area contributed by atoms with Crippen molar-refractivity contribution in [2.45, 2.75) is 66.0 Å². The molecule has 0 aliphatic carbocycles. The fourth-order valence-corrected chi connectivity index (χ4v) is 2.85. The molecule has 0 saturated carbocycles. The summed E-state index contributed by atoms with van der Waals surface area (Å²) in [6.07, 6.45) is 7.79. The molecule has 0 spiro atoms. The Morgan fingerprint density at radius 3 is 2.52 bits per heavy atom. The second-order valence-corrected chi connectivity index (χ2v) is 7.76. The summed E-state index contributed by atoms with van der Waals surface area (Å²) in [5, 5.41) is 3.59. The summed E-state index contributed by atoms with van der Waals surface area (Å²) in [4.78, 5) is 6.87. The molecule has 0 unspecified atom stereocenters. The maximum atomic E-state index is 4.35. The fraction of sp³-hybridized carbons (Fsp3) is 0.722. The molecule has 21 heavy (non-hydrogen) atoms. The molecule has 0 amide bonds. The number of piperidine rings is 1. The van der Waals surface area contributed by atoms with Gasteiger partial charge in [-0.2, -0.15) is 0 Å². The summed E-state index contributed by atoms with van der Waals surface area (Å²) in [7, 11) is 0. The van der Waals surface area contributed by atoms with Crippen molar-refractivity contribution in [2.75, 3.05) is 18.0 Å². The Kier molecular flexibility index (Phi) is 4.92. The Morgan fingerprint density at radius 2 is 1.95 bits per heavy atom. The molecule has 1 aliphatic rings. The third-order valence-electron chi connectivity index (χ3n) is 4.86. The van der Waals surface area contributed by atoms with Crippen LogP contribution in [0.5, 0.6) is 0 Å². The molecular weight excluding hydrogens is 258 g/mol. The average Bonchev–Trinajstić information content (AvgIpc) is 2.46. The summed E-state index contributed by atoms with van der Waals surface area (Å²) in [6, 6.07) is 2.15. The van der Waals surface area contributed by atoms with Gasteiger partial charge in [-0.3, -0.25) is 4.98 Å². The smallest absolute Gasteiger partial charge is 0.0598 e. The molecule has 2 rings (SSSR count). The maximum absolute atomic E-state index is 4.35. The van der Waals surface area contributed by atoms with Crippen molar-refractivity contribution in [3.05, 3.63) is 24.0 Å². The normalized spacial score (nSPS) is 18.8. The van der Waals surface area contributed by atoms with E-state index in [0.29, 0.717) is 5.41 Å². The van der Waals surface area contributed by atoms with Gasteiger partial charge in [-0.05, 0) is 50.7 Å². The summed E-state index contributed by atoms with van der Waals surface area (Å²) in [5.41, 5.74) is 3.35. The number of pyridine rings is 1. The minimum absolute atomic E-state index is 0.142. The molecule has 1 fully saturated rings. The lowest BCUT2D eigenvalue weighted by Crippen LogP contribution is -2.40. The van der Waals surface area contributed by atoms with Crippen LogP contribution in [-0.4, -0.2) is 23.6 Å². The first kappa shape index (κ1) is 16.3. The number of nitrogens with one attached hydrogen (secondary N) is 1. The first-order valence-electron chi connectivity index (χ1n) is 8.26. The Hall–Kier alpha value is -1.09. The molecule has 2 heterocycles. The maximum Gasteiger partial charge on any atom is 0.0598 e. The largest absolute Gasteiger partial charge is 0.370 e. The number of nitrogens with zero attached hydrogens (tertiary/aromatic N) is 2. The van der Waals surface area contributed by atoms with Crippen LogP contribution >= 0.6 is 0 Å². The molecule has 3 nitrogen and oxygen atoms in total. The van der Waals surface area contributed by atoms with E-state index in [1.54, 1.807) is 0 Å². The predicted octanol–water partition coefficient (Wildman–Crippen LogP) is 3.99. The summed E-state index contributed by atoms with van der Waals surface area (Å²) >= 11 is 0. The topological polar surface area (TPSA) is 28.2 Å². The van der Waals surface area contributed by atoms with Gasteiger partial charge in [0.2, 0.25) is 0 Å². The minimum Gasteiger partial charge on any atom is -0.370 e. The van der Waals surface area contributed by atoms with Gasteiger partial charge in [0.15, 0.2) is 0 Å². The van der Waals surface area contributed by atoms with Crippen molar-refractivity contribution >= 4 is 5.69 Å². The van der Waals surface area contributed by atoms with E-state index in [0.717, 1.165) is 19.6 Å². The van der Waals surface area contributed by atoms with Crippen LogP contribution in [0.25, 0.3) is 0 Å². The van der Waals surface area contributed by atoms with E-state index >= 15 is 0 Å². The highest BCUT2D eigenvalue weighted by Crippen LogP contribution is 2.36. The van der Waals surface area contributed by atoms with Gasteiger partial charge >= 0.3 is 0 Å². The summed E-state index contributed by atoms with van der Waals surface area (Å²) in [6.45, 7) is 14.6. The Morgan fingerprint density at radius 1 is 1.29 bits per heavy atom. The summed E-state index contributed by atoms with van der Waals surface area (Å²) < 4.78 is 0. The molecule has 118 valence electrons. The van der Waals surface area contributed by atoms with Gasteiger partial charge in [0.25, 0.3) is 0 Å². The fourth-order valence-electron chi connectivity index (χ4n) is 2.85. The molecule has 0 atom stereocenters. The lowest BCUT2D eigenvalue weighted by molar-refractivity contribution is 0.238. The van der Waals surface area contributed by atoms with Crippen LogP contribution in [0.1, 0.15) is 59.4 Å². The van der Waals surface area contributed by atoms with Crippen molar-refractivity contribution in [2.24, 2.45) is 5.41 Å². The highest BCUT2D eigenvalue weighted by Gasteiger charge is 2.29. The van der Waals surface area contributed by atoms with Gasteiger partial charge in [-0.25, -0.2) is 0 Å². The third-order valence-corrected chi connectivity index (χ3v) is 4.86. The number of aromatic nitrogens is 1. The SMILES string of the molecule is CCC1(C)CCN(c2cnccc2CNC(C)(C)C)CC1. The number of rotatable bonds is 4. The van der Waals surface area contributed by atoms with Crippen molar-refractivity contribution in [3.63, 3.8) is 0 Å². The molecule has 1 aromatic heterocycles. The second-order valence-electron chi connectivity index (χ2n) is 7.76. The van der Waals surface area contributed by atoms with Gasteiger partial charge in [0.1, 0.15) is 0 Å². The zero-order valence-corrected chi connectivity index (χ0v) is 14.4. The Labute approximate surface area is 130 Å². The van der Waals surface area contributed by atoms with Crippen molar-refractivity contribution in [1.82, 2.24) is 10.3 Å². The van der Waals surface area contributed by atoms with Gasteiger partial charge in [0, 0.05) is 31.4 Å². The monoisotopic (exact) mass is 289 g/mol. The zero-order chi connectivity index (χ0) is 15.5. The van der Waals surface area contributed by atoms with Crippen LogP contribution in [0.3, 0.4) is 0 Å². The van der Waals surface area contributed by atoms with E-state index in [2.05, 4.69) is 55.9 Å². The quantitative estimate of drug-likeness (QED) is 0.908. The molecule has 1 aliphatic heterocycles. The highest BCUT2D eigenvalue weighted by atomic mass is 15.1. The summed E-state index contributed by atoms with van der Waals surface area (Å²) in [5.74, 6) is 0.